The average Bonchev–Trinajstić information content (AvgIpc) is 2.65. The maximum Gasteiger partial charge on any atom is 0.308 e. The molecule has 0 aliphatic heterocycles. The number of rotatable bonds is 5. The van der Waals surface area contributed by atoms with Crippen molar-refractivity contribution in [1.82, 2.24) is 4.98 Å². The molecule has 1 aromatic carbocycles. The largest absolute Gasteiger partial charge is 0.466 e. The van der Waals surface area contributed by atoms with E-state index in [4.69, 9.17) is 9.47 Å². The van der Waals surface area contributed by atoms with Crippen LogP contribution in [0.25, 0.3) is 6.08 Å². The van der Waals surface area contributed by atoms with Crippen LogP contribution in [0.5, 0.6) is 11.6 Å². The topological polar surface area (TPSA) is 48.4 Å². The maximum atomic E-state index is 11.8. The molecular weight excluding hydrogens is 326 g/mol. The van der Waals surface area contributed by atoms with Crippen molar-refractivity contribution in [2.45, 2.75) is 39.5 Å². The van der Waals surface area contributed by atoms with E-state index in [1.165, 1.54) is 5.57 Å². The van der Waals surface area contributed by atoms with Gasteiger partial charge in [0, 0.05) is 12.3 Å². The summed E-state index contributed by atoms with van der Waals surface area (Å²) in [6.45, 7) is 4.31. The molecule has 0 radical (unpaired) electrons. The zero-order chi connectivity index (χ0) is 18.4. The van der Waals surface area contributed by atoms with Crippen molar-refractivity contribution < 1.29 is 14.3 Å². The van der Waals surface area contributed by atoms with Crippen molar-refractivity contribution in [1.29, 1.82) is 0 Å². The minimum atomic E-state index is -0.0486. The lowest BCUT2D eigenvalue weighted by Gasteiger charge is -2.22. The van der Waals surface area contributed by atoms with Gasteiger partial charge in [0.15, 0.2) is 0 Å². The first-order chi connectivity index (χ1) is 12.6. The highest BCUT2D eigenvalue weighted by atomic mass is 16.5. The Hall–Kier alpha value is -2.62. The van der Waals surface area contributed by atoms with Crippen molar-refractivity contribution in [2.75, 3.05) is 6.61 Å². The minimum Gasteiger partial charge on any atom is -0.466 e. The summed E-state index contributed by atoms with van der Waals surface area (Å²) in [5.41, 5.74) is 3.59. The maximum absolute atomic E-state index is 11.8. The molecule has 1 aliphatic carbocycles. The van der Waals surface area contributed by atoms with E-state index >= 15 is 0 Å². The molecule has 0 N–H and O–H groups in total. The van der Waals surface area contributed by atoms with E-state index in [1.54, 1.807) is 6.20 Å². The fourth-order valence-electron chi connectivity index (χ4n) is 3.17. The highest BCUT2D eigenvalue weighted by Crippen LogP contribution is 2.31. The second-order valence-electron chi connectivity index (χ2n) is 6.68. The van der Waals surface area contributed by atoms with Gasteiger partial charge in [-0.05, 0) is 62.8 Å². The summed E-state index contributed by atoms with van der Waals surface area (Å²) >= 11 is 0. The number of ether oxygens (including phenoxy) is 2. The van der Waals surface area contributed by atoms with Crippen molar-refractivity contribution in [2.24, 2.45) is 5.92 Å². The van der Waals surface area contributed by atoms with Crippen LogP contribution in [0.1, 0.15) is 43.7 Å². The molecule has 1 fully saturated rings. The Kier molecular flexibility index (Phi) is 6.05. The van der Waals surface area contributed by atoms with Crippen molar-refractivity contribution >= 4 is 12.0 Å². The number of aryl methyl sites for hydroxylation is 1. The Balaban J connectivity index is 1.62. The van der Waals surface area contributed by atoms with Crippen molar-refractivity contribution in [3.05, 3.63) is 59.3 Å². The summed E-state index contributed by atoms with van der Waals surface area (Å²) in [7, 11) is 0. The fourth-order valence-corrected chi connectivity index (χ4v) is 3.17. The third-order valence-electron chi connectivity index (χ3n) is 4.58. The van der Waals surface area contributed by atoms with Crippen LogP contribution in [0.4, 0.5) is 0 Å². The first-order valence-corrected chi connectivity index (χ1v) is 9.20. The zero-order valence-corrected chi connectivity index (χ0v) is 15.4. The number of aromatic nitrogens is 1. The van der Waals surface area contributed by atoms with E-state index in [0.29, 0.717) is 12.5 Å². The van der Waals surface area contributed by atoms with Crippen LogP contribution in [0, 0.1) is 12.8 Å². The van der Waals surface area contributed by atoms with E-state index in [-0.39, 0.29) is 11.9 Å². The van der Waals surface area contributed by atoms with Gasteiger partial charge >= 0.3 is 5.97 Å². The normalized spacial score (nSPS) is 16.8. The molecule has 0 atom stereocenters. The van der Waals surface area contributed by atoms with Gasteiger partial charge in [-0.25, -0.2) is 4.98 Å². The predicted octanol–water partition coefficient (Wildman–Crippen LogP) is 5.32. The summed E-state index contributed by atoms with van der Waals surface area (Å²) in [4.78, 5) is 16.1. The summed E-state index contributed by atoms with van der Waals surface area (Å²) in [6, 6.07) is 11.9. The standard InChI is InChI=1S/C22H25NO3/c1-3-25-22(24)19-10-8-17(9-11-19)13-18-5-4-6-20(14-18)26-21-12-7-16(2)15-23-21/h4-7,12-15,19H,3,8-11H2,1-2H3. The second-order valence-corrected chi connectivity index (χ2v) is 6.68. The molecule has 0 saturated heterocycles. The third kappa shape index (κ3) is 4.94. The summed E-state index contributed by atoms with van der Waals surface area (Å²) in [6.07, 6.45) is 7.62. The average molecular weight is 351 g/mol. The molecular formula is C22H25NO3. The highest BCUT2D eigenvalue weighted by molar-refractivity contribution is 5.72. The zero-order valence-electron chi connectivity index (χ0n) is 15.4. The Labute approximate surface area is 154 Å². The molecule has 0 spiro atoms. The molecule has 4 heteroatoms. The number of carbonyl (C=O) groups is 1. The van der Waals surface area contributed by atoms with E-state index in [0.717, 1.165) is 42.6 Å². The van der Waals surface area contributed by atoms with Gasteiger partial charge in [-0.3, -0.25) is 4.79 Å². The third-order valence-corrected chi connectivity index (χ3v) is 4.58. The number of carbonyl (C=O) groups excluding carboxylic acids is 1. The summed E-state index contributed by atoms with van der Waals surface area (Å²) in [5, 5.41) is 0. The Bertz CT molecular complexity index is 770. The molecule has 0 bridgehead atoms. The van der Waals surface area contributed by atoms with Gasteiger partial charge in [0.1, 0.15) is 5.75 Å². The number of nitrogens with zero attached hydrogens (tertiary/aromatic N) is 1. The monoisotopic (exact) mass is 351 g/mol. The molecule has 136 valence electrons. The number of hydrogen-bond donors (Lipinski definition) is 0. The Morgan fingerprint density at radius 1 is 1.23 bits per heavy atom. The number of pyridine rings is 1. The molecule has 1 aliphatic rings. The van der Waals surface area contributed by atoms with Crippen LogP contribution < -0.4 is 4.74 Å². The van der Waals surface area contributed by atoms with Crippen LogP contribution in [0.15, 0.2) is 48.2 Å². The predicted molar refractivity (Wildman–Crippen MR) is 102 cm³/mol. The van der Waals surface area contributed by atoms with Crippen molar-refractivity contribution in [3.8, 4) is 11.6 Å². The van der Waals surface area contributed by atoms with Gasteiger partial charge in [0.05, 0.1) is 12.5 Å². The van der Waals surface area contributed by atoms with Crippen LogP contribution in [-0.4, -0.2) is 17.6 Å². The molecule has 0 unspecified atom stereocenters. The van der Waals surface area contributed by atoms with Gasteiger partial charge in [0.25, 0.3) is 0 Å². The molecule has 1 aromatic heterocycles. The Morgan fingerprint density at radius 2 is 2.04 bits per heavy atom. The SMILES string of the molecule is CCOC(=O)C1CCC(=Cc2cccc(Oc3ccc(C)cn3)c2)CC1. The summed E-state index contributed by atoms with van der Waals surface area (Å²) < 4.78 is 11.0. The lowest BCUT2D eigenvalue weighted by molar-refractivity contribution is -0.148. The molecule has 26 heavy (non-hydrogen) atoms. The number of hydrogen-bond acceptors (Lipinski definition) is 4. The van der Waals surface area contributed by atoms with Crippen LogP contribution in [0.2, 0.25) is 0 Å². The van der Waals surface area contributed by atoms with Gasteiger partial charge in [-0.1, -0.05) is 29.8 Å². The Morgan fingerprint density at radius 3 is 2.73 bits per heavy atom. The van der Waals surface area contributed by atoms with E-state index in [2.05, 4.69) is 17.1 Å². The smallest absolute Gasteiger partial charge is 0.308 e. The van der Waals surface area contributed by atoms with Crippen molar-refractivity contribution in [3.63, 3.8) is 0 Å². The summed E-state index contributed by atoms with van der Waals surface area (Å²) in [5.74, 6) is 1.37. The number of benzene rings is 1. The molecule has 1 saturated carbocycles. The highest BCUT2D eigenvalue weighted by Gasteiger charge is 2.24. The van der Waals surface area contributed by atoms with Gasteiger partial charge < -0.3 is 9.47 Å². The van der Waals surface area contributed by atoms with E-state index < -0.39 is 0 Å². The fraction of sp³-hybridized carbons (Fsp3) is 0.364. The molecule has 1 heterocycles. The molecule has 2 aromatic rings. The molecule has 3 rings (SSSR count). The first kappa shape index (κ1) is 18.2. The quantitative estimate of drug-likeness (QED) is 0.684. The molecule has 4 nitrogen and oxygen atoms in total. The lowest BCUT2D eigenvalue weighted by atomic mass is 9.85. The van der Waals surface area contributed by atoms with Gasteiger partial charge in [0.2, 0.25) is 5.88 Å². The van der Waals surface area contributed by atoms with Crippen LogP contribution >= 0.6 is 0 Å². The second kappa shape index (κ2) is 8.65. The number of esters is 1. The van der Waals surface area contributed by atoms with Crippen LogP contribution in [-0.2, 0) is 9.53 Å². The van der Waals surface area contributed by atoms with Gasteiger partial charge in [-0.2, -0.15) is 0 Å². The van der Waals surface area contributed by atoms with Gasteiger partial charge in [-0.15, -0.1) is 0 Å². The molecule has 0 amide bonds. The lowest BCUT2D eigenvalue weighted by Crippen LogP contribution is -2.20. The van der Waals surface area contributed by atoms with Crippen LogP contribution in [0.3, 0.4) is 0 Å². The van der Waals surface area contributed by atoms with E-state index in [1.807, 2.05) is 44.2 Å². The first-order valence-electron chi connectivity index (χ1n) is 9.20. The number of allylic oxidation sites excluding steroid dienone is 1. The minimum absolute atomic E-state index is 0.0486. The van der Waals surface area contributed by atoms with E-state index in [9.17, 15) is 4.79 Å².